The van der Waals surface area contributed by atoms with Crippen LogP contribution < -0.4 is 21.3 Å². The second-order valence-corrected chi connectivity index (χ2v) is 9.71. The number of nitrogens with one attached hydrogen (secondary N) is 4. The van der Waals surface area contributed by atoms with Crippen LogP contribution in [0.4, 0.5) is 4.79 Å². The van der Waals surface area contributed by atoms with Crippen molar-refractivity contribution in [1.82, 2.24) is 21.3 Å². The Kier molecular flexibility index (Phi) is 12.0. The zero-order chi connectivity index (χ0) is 21.6. The fourth-order valence-electron chi connectivity index (χ4n) is 4.05. The highest BCUT2D eigenvalue weighted by atomic mass is 32.2. The first-order valence-electron chi connectivity index (χ1n) is 11.8. The number of hydrogen-bond acceptors (Lipinski definition) is 4. The van der Waals surface area contributed by atoms with Crippen molar-refractivity contribution in [2.24, 2.45) is 0 Å². The van der Waals surface area contributed by atoms with Gasteiger partial charge in [-0.3, -0.25) is 9.59 Å². The normalized spacial score (nSPS) is 22.3. The third kappa shape index (κ3) is 9.58. The van der Waals surface area contributed by atoms with Gasteiger partial charge in [-0.15, -0.1) is 0 Å². The van der Waals surface area contributed by atoms with Crippen molar-refractivity contribution in [2.45, 2.75) is 101 Å². The summed E-state index contributed by atoms with van der Waals surface area (Å²) in [6.07, 6.45) is 11.6. The summed E-state index contributed by atoms with van der Waals surface area (Å²) in [6.45, 7) is 3.67. The van der Waals surface area contributed by atoms with Crippen molar-refractivity contribution >= 4 is 29.6 Å². The Morgan fingerprint density at radius 2 is 1.53 bits per heavy atom. The Hall–Kier alpha value is -1.44. The van der Waals surface area contributed by atoms with Gasteiger partial charge in [0.1, 0.15) is 0 Å². The molecule has 7 nitrogen and oxygen atoms in total. The van der Waals surface area contributed by atoms with E-state index in [-0.39, 0.29) is 29.9 Å². The fraction of sp³-hybridized carbons (Fsp3) is 0.864. The molecular formula is C22H40N4O3S. The van der Waals surface area contributed by atoms with Crippen LogP contribution in [0.5, 0.6) is 0 Å². The van der Waals surface area contributed by atoms with Gasteiger partial charge in [-0.05, 0) is 32.1 Å². The van der Waals surface area contributed by atoms with E-state index in [0.717, 1.165) is 57.2 Å². The second kappa shape index (κ2) is 14.5. The number of carbonyl (C=O) groups is 3. The van der Waals surface area contributed by atoms with Crippen LogP contribution in [-0.2, 0) is 9.59 Å². The van der Waals surface area contributed by atoms with E-state index in [9.17, 15) is 14.4 Å². The standard InChI is InChI=1S/C22H40N4O3S/c1-2-3-4-9-14-23-19(27)12-6-5-10-15-24-20(28)13-8-7-11-18-21-17(16-30-18)25-22(29)26-21/h17-18,21H,2-16H2,1H3,(H,23,27)(H,24,28)(H2,25,26,29). The molecule has 2 rings (SSSR count). The molecule has 0 saturated carbocycles. The van der Waals surface area contributed by atoms with Crippen molar-refractivity contribution in [1.29, 1.82) is 0 Å². The molecule has 2 aliphatic rings. The van der Waals surface area contributed by atoms with Crippen LogP contribution in [0.1, 0.15) is 84.0 Å². The summed E-state index contributed by atoms with van der Waals surface area (Å²) in [5.74, 6) is 1.25. The predicted octanol–water partition coefficient (Wildman–Crippen LogP) is 3.09. The first kappa shape index (κ1) is 24.8. The molecule has 0 aromatic carbocycles. The minimum absolute atomic E-state index is 0.0438. The summed E-state index contributed by atoms with van der Waals surface area (Å²) in [6, 6.07) is 0.477. The number of amides is 4. The minimum atomic E-state index is -0.0438. The largest absolute Gasteiger partial charge is 0.356 e. The van der Waals surface area contributed by atoms with Gasteiger partial charge in [0, 0.05) is 36.9 Å². The number of urea groups is 1. The Bertz CT molecular complexity index is 546. The van der Waals surface area contributed by atoms with E-state index in [1.54, 1.807) is 0 Å². The van der Waals surface area contributed by atoms with Gasteiger partial charge in [-0.25, -0.2) is 4.79 Å². The molecule has 2 heterocycles. The third-order valence-corrected chi connectivity index (χ3v) is 7.34. The maximum Gasteiger partial charge on any atom is 0.315 e. The molecule has 0 aliphatic carbocycles. The maximum atomic E-state index is 12.0. The second-order valence-electron chi connectivity index (χ2n) is 8.44. The van der Waals surface area contributed by atoms with Crippen molar-refractivity contribution in [3.8, 4) is 0 Å². The van der Waals surface area contributed by atoms with Crippen molar-refractivity contribution in [3.05, 3.63) is 0 Å². The minimum Gasteiger partial charge on any atom is -0.356 e. The summed E-state index contributed by atoms with van der Waals surface area (Å²) >= 11 is 1.92. The van der Waals surface area contributed by atoms with E-state index in [2.05, 4.69) is 28.2 Å². The lowest BCUT2D eigenvalue weighted by atomic mass is 10.0. The maximum absolute atomic E-state index is 12.0. The van der Waals surface area contributed by atoms with E-state index < -0.39 is 0 Å². The first-order valence-corrected chi connectivity index (χ1v) is 12.9. The molecule has 2 saturated heterocycles. The SMILES string of the molecule is CCCCCCNC(=O)CCCCCNC(=O)CCCCC1SCC2NC(=O)NC21. The quantitative estimate of drug-likeness (QED) is 0.219. The van der Waals surface area contributed by atoms with Gasteiger partial charge in [-0.2, -0.15) is 11.8 Å². The summed E-state index contributed by atoms with van der Waals surface area (Å²) in [7, 11) is 0. The number of hydrogen-bond donors (Lipinski definition) is 4. The summed E-state index contributed by atoms with van der Waals surface area (Å²) in [4.78, 5) is 35.1. The average molecular weight is 441 g/mol. The summed E-state index contributed by atoms with van der Waals surface area (Å²) in [5.41, 5.74) is 0. The van der Waals surface area contributed by atoms with E-state index in [4.69, 9.17) is 0 Å². The molecule has 8 heteroatoms. The Morgan fingerprint density at radius 3 is 2.20 bits per heavy atom. The fourth-order valence-corrected chi connectivity index (χ4v) is 5.59. The van der Waals surface area contributed by atoms with Crippen LogP contribution in [0.2, 0.25) is 0 Å². The van der Waals surface area contributed by atoms with Crippen LogP contribution in [0.25, 0.3) is 0 Å². The van der Waals surface area contributed by atoms with Crippen LogP contribution >= 0.6 is 11.8 Å². The summed E-state index contributed by atoms with van der Waals surface area (Å²) in [5, 5.41) is 12.4. The molecular weight excluding hydrogens is 400 g/mol. The third-order valence-electron chi connectivity index (χ3n) is 5.84. The lowest BCUT2D eigenvalue weighted by molar-refractivity contribution is -0.122. The molecule has 4 N–H and O–H groups in total. The zero-order valence-electron chi connectivity index (χ0n) is 18.5. The molecule has 172 valence electrons. The smallest absolute Gasteiger partial charge is 0.315 e. The van der Waals surface area contributed by atoms with Crippen LogP contribution in [-0.4, -0.2) is 54.0 Å². The van der Waals surface area contributed by atoms with Gasteiger partial charge < -0.3 is 21.3 Å². The summed E-state index contributed by atoms with van der Waals surface area (Å²) < 4.78 is 0. The van der Waals surface area contributed by atoms with Gasteiger partial charge in [0.25, 0.3) is 0 Å². The molecule has 0 aromatic rings. The lowest BCUT2D eigenvalue weighted by Crippen LogP contribution is -2.36. The van der Waals surface area contributed by atoms with Gasteiger partial charge in [0.05, 0.1) is 12.1 Å². The number of fused-ring (bicyclic) bond motifs is 1. The highest BCUT2D eigenvalue weighted by Gasteiger charge is 2.42. The lowest BCUT2D eigenvalue weighted by Gasteiger charge is -2.16. The van der Waals surface area contributed by atoms with Crippen LogP contribution in [0.15, 0.2) is 0 Å². The topological polar surface area (TPSA) is 99.3 Å². The van der Waals surface area contributed by atoms with E-state index in [1.165, 1.54) is 19.3 Å². The van der Waals surface area contributed by atoms with Crippen molar-refractivity contribution in [2.75, 3.05) is 18.8 Å². The van der Waals surface area contributed by atoms with Gasteiger partial charge in [-0.1, -0.05) is 39.0 Å². The predicted molar refractivity (Wildman–Crippen MR) is 123 cm³/mol. The molecule has 0 bridgehead atoms. The van der Waals surface area contributed by atoms with Crippen LogP contribution in [0.3, 0.4) is 0 Å². The van der Waals surface area contributed by atoms with E-state index in [1.807, 2.05) is 11.8 Å². The number of rotatable bonds is 16. The molecule has 0 spiro atoms. The number of carbonyl (C=O) groups excluding carboxylic acids is 3. The van der Waals surface area contributed by atoms with E-state index >= 15 is 0 Å². The van der Waals surface area contributed by atoms with Crippen molar-refractivity contribution in [3.63, 3.8) is 0 Å². The molecule has 0 aromatic heterocycles. The molecule has 2 aliphatic heterocycles. The van der Waals surface area contributed by atoms with E-state index in [0.29, 0.717) is 24.6 Å². The Labute approximate surface area is 185 Å². The highest BCUT2D eigenvalue weighted by Crippen LogP contribution is 2.33. The molecule has 30 heavy (non-hydrogen) atoms. The number of thioether (sulfide) groups is 1. The van der Waals surface area contributed by atoms with Crippen molar-refractivity contribution < 1.29 is 14.4 Å². The molecule has 3 atom stereocenters. The molecule has 0 radical (unpaired) electrons. The van der Waals surface area contributed by atoms with Gasteiger partial charge in [0.2, 0.25) is 11.8 Å². The molecule has 3 unspecified atom stereocenters. The molecule has 2 fully saturated rings. The number of unbranched alkanes of at least 4 members (excludes halogenated alkanes) is 6. The zero-order valence-corrected chi connectivity index (χ0v) is 19.3. The van der Waals surface area contributed by atoms with Gasteiger partial charge >= 0.3 is 6.03 Å². The highest BCUT2D eigenvalue weighted by molar-refractivity contribution is 8.00. The Morgan fingerprint density at radius 1 is 0.900 bits per heavy atom. The Balaban J connectivity index is 1.36. The average Bonchev–Trinajstić information content (AvgIpc) is 3.27. The monoisotopic (exact) mass is 440 g/mol. The van der Waals surface area contributed by atoms with Gasteiger partial charge in [0.15, 0.2) is 0 Å². The molecule has 4 amide bonds. The first-order chi connectivity index (χ1) is 14.6. The van der Waals surface area contributed by atoms with Crippen LogP contribution in [0, 0.1) is 0 Å².